The van der Waals surface area contributed by atoms with Crippen LogP contribution in [0.5, 0.6) is 0 Å². The molecule has 27 heavy (non-hydrogen) atoms. The predicted octanol–water partition coefficient (Wildman–Crippen LogP) is 2.63. The molecule has 3 heterocycles. The third-order valence-corrected chi connectivity index (χ3v) is 5.45. The summed E-state index contributed by atoms with van der Waals surface area (Å²) in [6.45, 7) is 8.24. The lowest BCUT2D eigenvalue weighted by molar-refractivity contribution is 0.0926. The molecule has 7 heteroatoms. The Morgan fingerprint density at radius 3 is 2.70 bits per heavy atom. The van der Waals surface area contributed by atoms with Crippen molar-refractivity contribution in [3.63, 3.8) is 0 Å². The average Bonchev–Trinajstić information content (AvgIpc) is 3.00. The zero-order valence-electron chi connectivity index (χ0n) is 16.0. The number of carbonyl (C=O) groups is 2. The minimum absolute atomic E-state index is 0.0288. The predicted molar refractivity (Wildman–Crippen MR) is 101 cm³/mol. The van der Waals surface area contributed by atoms with Crippen molar-refractivity contribution < 1.29 is 14.0 Å². The van der Waals surface area contributed by atoms with E-state index in [1.54, 1.807) is 18.5 Å². The van der Waals surface area contributed by atoms with Gasteiger partial charge in [0.1, 0.15) is 0 Å². The Morgan fingerprint density at radius 2 is 2.04 bits per heavy atom. The Hall–Kier alpha value is -2.57. The van der Waals surface area contributed by atoms with Crippen LogP contribution in [0, 0.1) is 17.8 Å². The standard InChI is InChI=1S/C20H26N4O3/c1-20(2,3)23-19(26)24-10-14-13(15(14)11-24)5-7-22-18(25)16-8-12-4-6-21-9-17(12)27-16/h4,6,8-9,13-15H,5,7,10-11H2,1-3H3,(H,22,25)(H,23,26)/t13-,14-,15+. The molecule has 4 rings (SSSR count). The van der Waals surface area contributed by atoms with Gasteiger partial charge in [-0.15, -0.1) is 0 Å². The zero-order valence-corrected chi connectivity index (χ0v) is 16.0. The summed E-state index contributed by atoms with van der Waals surface area (Å²) in [6, 6.07) is 3.59. The van der Waals surface area contributed by atoms with E-state index in [1.165, 1.54) is 0 Å². The second-order valence-electron chi connectivity index (χ2n) is 8.65. The summed E-state index contributed by atoms with van der Waals surface area (Å²) in [4.78, 5) is 30.4. The average molecular weight is 370 g/mol. The molecule has 0 aromatic carbocycles. The van der Waals surface area contributed by atoms with Gasteiger partial charge in [0.15, 0.2) is 11.3 Å². The number of fused-ring (bicyclic) bond motifs is 2. The number of amides is 3. The molecule has 1 aliphatic carbocycles. The lowest BCUT2D eigenvalue weighted by Gasteiger charge is -2.27. The number of likely N-dealkylation sites (tertiary alicyclic amines) is 1. The van der Waals surface area contributed by atoms with Crippen LogP contribution >= 0.6 is 0 Å². The monoisotopic (exact) mass is 370 g/mol. The molecule has 2 fully saturated rings. The van der Waals surface area contributed by atoms with Crippen LogP contribution in [-0.2, 0) is 0 Å². The van der Waals surface area contributed by atoms with Crippen molar-refractivity contribution >= 4 is 22.9 Å². The van der Waals surface area contributed by atoms with Crippen molar-refractivity contribution in [1.82, 2.24) is 20.5 Å². The molecule has 2 N–H and O–H groups in total. The van der Waals surface area contributed by atoms with Gasteiger partial charge in [0, 0.05) is 36.8 Å². The van der Waals surface area contributed by atoms with Gasteiger partial charge in [-0.05, 0) is 57.1 Å². The van der Waals surface area contributed by atoms with E-state index in [9.17, 15) is 9.59 Å². The molecule has 0 radical (unpaired) electrons. The third kappa shape index (κ3) is 3.77. The summed E-state index contributed by atoms with van der Waals surface area (Å²) in [5.41, 5.74) is 0.410. The van der Waals surface area contributed by atoms with Crippen molar-refractivity contribution in [2.45, 2.75) is 32.7 Å². The number of hydrogen-bond acceptors (Lipinski definition) is 4. The summed E-state index contributed by atoms with van der Waals surface area (Å²) in [6.07, 6.45) is 4.23. The molecule has 2 aromatic heterocycles. The second kappa shape index (κ2) is 6.55. The number of pyridine rings is 1. The van der Waals surface area contributed by atoms with Crippen LogP contribution in [0.15, 0.2) is 28.9 Å². The van der Waals surface area contributed by atoms with Gasteiger partial charge < -0.3 is 20.0 Å². The van der Waals surface area contributed by atoms with E-state index in [-0.39, 0.29) is 17.5 Å². The van der Waals surface area contributed by atoms with Crippen LogP contribution in [0.3, 0.4) is 0 Å². The number of aromatic nitrogens is 1. The minimum Gasteiger partial charge on any atom is -0.449 e. The summed E-state index contributed by atoms with van der Waals surface area (Å²) < 4.78 is 5.53. The summed E-state index contributed by atoms with van der Waals surface area (Å²) >= 11 is 0. The molecule has 3 amide bonds. The number of piperidine rings is 1. The molecular weight excluding hydrogens is 344 g/mol. The minimum atomic E-state index is -0.208. The highest BCUT2D eigenvalue weighted by molar-refractivity contribution is 5.95. The first-order valence-corrected chi connectivity index (χ1v) is 9.51. The Morgan fingerprint density at radius 1 is 1.30 bits per heavy atom. The summed E-state index contributed by atoms with van der Waals surface area (Å²) in [7, 11) is 0. The van der Waals surface area contributed by atoms with Gasteiger partial charge in [-0.25, -0.2) is 4.79 Å². The first-order valence-electron chi connectivity index (χ1n) is 9.51. The van der Waals surface area contributed by atoms with Crippen molar-refractivity contribution in [2.24, 2.45) is 17.8 Å². The topological polar surface area (TPSA) is 87.5 Å². The number of hydrogen-bond donors (Lipinski definition) is 2. The largest absolute Gasteiger partial charge is 0.449 e. The number of nitrogens with zero attached hydrogens (tertiary/aromatic N) is 2. The number of nitrogens with one attached hydrogen (secondary N) is 2. The van der Waals surface area contributed by atoms with Gasteiger partial charge in [0.25, 0.3) is 5.91 Å². The number of urea groups is 1. The summed E-state index contributed by atoms with van der Waals surface area (Å²) in [5, 5.41) is 6.83. The molecule has 1 saturated carbocycles. The van der Waals surface area contributed by atoms with Gasteiger partial charge in [-0.2, -0.15) is 0 Å². The van der Waals surface area contributed by atoms with Gasteiger partial charge >= 0.3 is 6.03 Å². The molecule has 2 aliphatic rings. The highest BCUT2D eigenvalue weighted by Gasteiger charge is 2.56. The fraction of sp³-hybridized carbons (Fsp3) is 0.550. The number of rotatable bonds is 4. The van der Waals surface area contributed by atoms with E-state index in [0.29, 0.717) is 35.6 Å². The van der Waals surface area contributed by atoms with E-state index in [1.807, 2.05) is 31.7 Å². The highest BCUT2D eigenvalue weighted by atomic mass is 16.3. The maximum absolute atomic E-state index is 12.3. The van der Waals surface area contributed by atoms with Crippen molar-refractivity contribution in [3.8, 4) is 0 Å². The van der Waals surface area contributed by atoms with Gasteiger partial charge in [-0.3, -0.25) is 9.78 Å². The van der Waals surface area contributed by atoms with Crippen molar-refractivity contribution in [3.05, 3.63) is 30.3 Å². The van der Waals surface area contributed by atoms with Gasteiger partial charge in [-0.1, -0.05) is 0 Å². The normalized spacial score (nSPS) is 24.0. The Kier molecular flexibility index (Phi) is 4.32. The molecule has 144 valence electrons. The third-order valence-electron chi connectivity index (χ3n) is 5.45. The Bertz CT molecular complexity index is 824. The molecular formula is C20H26N4O3. The maximum atomic E-state index is 12.3. The first kappa shape index (κ1) is 17.8. The van der Waals surface area contributed by atoms with E-state index in [2.05, 4.69) is 15.6 Å². The molecule has 7 nitrogen and oxygen atoms in total. The lowest BCUT2D eigenvalue weighted by atomic mass is 10.1. The van der Waals surface area contributed by atoms with Crippen molar-refractivity contribution in [1.29, 1.82) is 0 Å². The molecule has 0 bridgehead atoms. The van der Waals surface area contributed by atoms with Gasteiger partial charge in [0.2, 0.25) is 0 Å². The number of furan rings is 1. The van der Waals surface area contributed by atoms with Gasteiger partial charge in [0.05, 0.1) is 6.20 Å². The van der Waals surface area contributed by atoms with Crippen LogP contribution in [0.1, 0.15) is 37.7 Å². The lowest BCUT2D eigenvalue weighted by Crippen LogP contribution is -2.48. The van der Waals surface area contributed by atoms with Crippen LogP contribution < -0.4 is 10.6 Å². The number of carbonyl (C=O) groups excluding carboxylic acids is 2. The van der Waals surface area contributed by atoms with Crippen LogP contribution in [0.2, 0.25) is 0 Å². The fourth-order valence-corrected chi connectivity index (χ4v) is 4.08. The van der Waals surface area contributed by atoms with E-state index in [4.69, 9.17) is 4.42 Å². The maximum Gasteiger partial charge on any atom is 0.317 e. The van der Waals surface area contributed by atoms with E-state index >= 15 is 0 Å². The van der Waals surface area contributed by atoms with Crippen LogP contribution in [-0.4, -0.2) is 47.0 Å². The quantitative estimate of drug-likeness (QED) is 0.866. The Labute approximate surface area is 158 Å². The Balaban J connectivity index is 1.21. The second-order valence-corrected chi connectivity index (χ2v) is 8.65. The smallest absolute Gasteiger partial charge is 0.317 e. The first-order chi connectivity index (χ1) is 12.8. The fourth-order valence-electron chi connectivity index (χ4n) is 4.08. The zero-order chi connectivity index (χ0) is 19.2. The van der Waals surface area contributed by atoms with Crippen LogP contribution in [0.25, 0.3) is 11.0 Å². The highest BCUT2D eigenvalue weighted by Crippen LogP contribution is 2.53. The molecule has 1 saturated heterocycles. The molecule has 1 aliphatic heterocycles. The van der Waals surface area contributed by atoms with Crippen molar-refractivity contribution in [2.75, 3.05) is 19.6 Å². The van der Waals surface area contributed by atoms with E-state index in [0.717, 1.165) is 24.9 Å². The molecule has 0 unspecified atom stereocenters. The molecule has 3 atom stereocenters. The van der Waals surface area contributed by atoms with E-state index < -0.39 is 0 Å². The summed E-state index contributed by atoms with van der Waals surface area (Å²) in [5.74, 6) is 1.88. The van der Waals surface area contributed by atoms with Crippen LogP contribution in [0.4, 0.5) is 4.79 Å². The molecule has 0 spiro atoms. The SMILES string of the molecule is CC(C)(C)NC(=O)N1C[C@@H]2[C@@H](CCNC(=O)c3cc4ccncc4o3)[C@@H]2C1. The molecule has 2 aromatic rings.